The second-order valence-electron chi connectivity index (χ2n) is 3.53. The van der Waals surface area contributed by atoms with Crippen molar-refractivity contribution in [2.75, 3.05) is 7.11 Å². The normalized spacial score (nSPS) is 13.1. The molecule has 0 aliphatic carbocycles. The Balaban J connectivity index is 3.65. The van der Waals surface area contributed by atoms with Crippen LogP contribution in [0.5, 0.6) is 0 Å². The van der Waals surface area contributed by atoms with Gasteiger partial charge in [-0.25, -0.2) is 0 Å². The largest absolute Gasteiger partial charge is 0.469 e. The number of methoxy groups -OCH3 is 1. The van der Waals surface area contributed by atoms with Crippen LogP contribution in [0.3, 0.4) is 0 Å². The number of hydrogen-bond donors (Lipinski definition) is 0. The highest BCUT2D eigenvalue weighted by molar-refractivity contribution is 5.69. The van der Waals surface area contributed by atoms with Crippen LogP contribution < -0.4 is 0 Å². The molecule has 2 heteroatoms. The van der Waals surface area contributed by atoms with Gasteiger partial charge in [-0.05, 0) is 18.3 Å². The molecule has 1 unspecified atom stereocenters. The Labute approximate surface area is 75.3 Å². The average Bonchev–Trinajstić information content (AvgIpc) is 2.04. The Morgan fingerprint density at radius 3 is 2.33 bits per heavy atom. The second-order valence-corrected chi connectivity index (χ2v) is 3.53. The number of carbonyl (C=O) groups is 1. The summed E-state index contributed by atoms with van der Waals surface area (Å²) in [5.74, 6) is 1.23. The Morgan fingerprint density at radius 2 is 2.00 bits per heavy atom. The maximum atomic E-state index is 10.8. The summed E-state index contributed by atoms with van der Waals surface area (Å²) in [4.78, 5) is 10.8. The van der Waals surface area contributed by atoms with Crippen LogP contribution in [0.15, 0.2) is 0 Å². The molecule has 0 rings (SSSR count). The van der Waals surface area contributed by atoms with Gasteiger partial charge in [0.05, 0.1) is 7.11 Å². The van der Waals surface area contributed by atoms with E-state index in [0.717, 1.165) is 12.8 Å². The molecule has 0 heterocycles. The third kappa shape index (κ3) is 4.37. The summed E-state index contributed by atoms with van der Waals surface area (Å²) in [6, 6.07) is 0. The molecule has 0 fully saturated rings. The van der Waals surface area contributed by atoms with Gasteiger partial charge in [-0.15, -0.1) is 0 Å². The van der Waals surface area contributed by atoms with Crippen molar-refractivity contribution in [3.05, 3.63) is 0 Å². The van der Waals surface area contributed by atoms with E-state index in [1.165, 1.54) is 7.11 Å². The first-order valence-electron chi connectivity index (χ1n) is 4.68. The first kappa shape index (κ1) is 11.5. The third-order valence-electron chi connectivity index (χ3n) is 2.41. The molecule has 72 valence electrons. The van der Waals surface area contributed by atoms with E-state index in [1.807, 2.05) is 0 Å². The van der Waals surface area contributed by atoms with Gasteiger partial charge in [-0.3, -0.25) is 4.79 Å². The molecule has 0 aromatic rings. The molecule has 0 aliphatic rings. The Hall–Kier alpha value is -0.530. The van der Waals surface area contributed by atoms with Crippen molar-refractivity contribution in [1.29, 1.82) is 0 Å². The first-order chi connectivity index (χ1) is 5.61. The topological polar surface area (TPSA) is 26.3 Å². The van der Waals surface area contributed by atoms with E-state index in [2.05, 4.69) is 25.5 Å². The second kappa shape index (κ2) is 6.04. The maximum absolute atomic E-state index is 10.8. The molecule has 0 saturated heterocycles. The zero-order valence-electron chi connectivity index (χ0n) is 8.59. The van der Waals surface area contributed by atoms with Crippen molar-refractivity contribution in [2.24, 2.45) is 11.8 Å². The molecule has 12 heavy (non-hydrogen) atoms. The van der Waals surface area contributed by atoms with Crippen LogP contribution in [0, 0.1) is 11.8 Å². The summed E-state index contributed by atoms with van der Waals surface area (Å²) in [5, 5.41) is 0. The van der Waals surface area contributed by atoms with Crippen molar-refractivity contribution in [1.82, 2.24) is 0 Å². The summed E-state index contributed by atoms with van der Waals surface area (Å²) >= 11 is 0. The summed E-state index contributed by atoms with van der Waals surface area (Å²) in [6.45, 7) is 6.57. The van der Waals surface area contributed by atoms with Gasteiger partial charge in [-0.1, -0.05) is 27.2 Å². The molecule has 1 atom stereocenters. The lowest BCUT2D eigenvalue weighted by atomic mass is 9.89. The highest BCUT2D eigenvalue weighted by atomic mass is 16.5. The Morgan fingerprint density at radius 1 is 1.42 bits per heavy atom. The SMILES string of the molecule is CCC(CCC(=O)OC)C(C)C. The van der Waals surface area contributed by atoms with Gasteiger partial charge in [0.2, 0.25) is 0 Å². The summed E-state index contributed by atoms with van der Waals surface area (Å²) in [7, 11) is 1.44. The fourth-order valence-corrected chi connectivity index (χ4v) is 1.41. The van der Waals surface area contributed by atoms with Crippen LogP contribution in [0.1, 0.15) is 40.0 Å². The fourth-order valence-electron chi connectivity index (χ4n) is 1.41. The van der Waals surface area contributed by atoms with Gasteiger partial charge in [0, 0.05) is 6.42 Å². The van der Waals surface area contributed by atoms with E-state index in [4.69, 9.17) is 0 Å². The van der Waals surface area contributed by atoms with Crippen molar-refractivity contribution in [3.8, 4) is 0 Å². The van der Waals surface area contributed by atoms with Crippen LogP contribution in [-0.4, -0.2) is 13.1 Å². The molecule has 0 spiro atoms. The lowest BCUT2D eigenvalue weighted by Gasteiger charge is -2.17. The average molecular weight is 172 g/mol. The standard InChI is InChI=1S/C10H20O2/c1-5-9(8(2)3)6-7-10(11)12-4/h8-9H,5-7H2,1-4H3. The zero-order chi connectivity index (χ0) is 9.56. The lowest BCUT2D eigenvalue weighted by molar-refractivity contribution is -0.141. The third-order valence-corrected chi connectivity index (χ3v) is 2.41. The summed E-state index contributed by atoms with van der Waals surface area (Å²) in [5.41, 5.74) is 0. The highest BCUT2D eigenvalue weighted by Crippen LogP contribution is 2.20. The van der Waals surface area contributed by atoms with Crippen LogP contribution in [0.4, 0.5) is 0 Å². The number of hydrogen-bond acceptors (Lipinski definition) is 2. The predicted octanol–water partition coefficient (Wildman–Crippen LogP) is 2.62. The quantitative estimate of drug-likeness (QED) is 0.596. The van der Waals surface area contributed by atoms with Crippen molar-refractivity contribution < 1.29 is 9.53 Å². The van der Waals surface area contributed by atoms with Crippen molar-refractivity contribution in [2.45, 2.75) is 40.0 Å². The van der Waals surface area contributed by atoms with Gasteiger partial charge < -0.3 is 4.74 Å². The van der Waals surface area contributed by atoms with Gasteiger partial charge in [0.15, 0.2) is 0 Å². The molecule has 0 aromatic carbocycles. The van der Waals surface area contributed by atoms with Gasteiger partial charge in [0.25, 0.3) is 0 Å². The molecule has 2 nitrogen and oxygen atoms in total. The highest BCUT2D eigenvalue weighted by Gasteiger charge is 2.12. The summed E-state index contributed by atoms with van der Waals surface area (Å²) < 4.78 is 4.59. The van der Waals surface area contributed by atoms with Gasteiger partial charge >= 0.3 is 5.97 Å². The van der Waals surface area contributed by atoms with Crippen LogP contribution >= 0.6 is 0 Å². The van der Waals surface area contributed by atoms with E-state index < -0.39 is 0 Å². The zero-order valence-corrected chi connectivity index (χ0v) is 8.59. The molecular weight excluding hydrogens is 152 g/mol. The van der Waals surface area contributed by atoms with Gasteiger partial charge in [-0.2, -0.15) is 0 Å². The molecule has 0 radical (unpaired) electrons. The first-order valence-corrected chi connectivity index (χ1v) is 4.68. The lowest BCUT2D eigenvalue weighted by Crippen LogP contribution is -2.10. The van der Waals surface area contributed by atoms with Crippen molar-refractivity contribution >= 4 is 5.97 Å². The van der Waals surface area contributed by atoms with Crippen LogP contribution in [-0.2, 0) is 9.53 Å². The van der Waals surface area contributed by atoms with E-state index >= 15 is 0 Å². The number of carbonyl (C=O) groups excluding carboxylic acids is 1. The predicted molar refractivity (Wildman–Crippen MR) is 49.9 cm³/mol. The maximum Gasteiger partial charge on any atom is 0.305 e. The van der Waals surface area contributed by atoms with E-state index in [0.29, 0.717) is 18.3 Å². The van der Waals surface area contributed by atoms with Crippen molar-refractivity contribution in [3.63, 3.8) is 0 Å². The smallest absolute Gasteiger partial charge is 0.305 e. The molecule has 0 aromatic heterocycles. The monoisotopic (exact) mass is 172 g/mol. The van der Waals surface area contributed by atoms with E-state index in [-0.39, 0.29) is 5.97 Å². The van der Waals surface area contributed by atoms with E-state index in [9.17, 15) is 4.79 Å². The number of rotatable bonds is 5. The van der Waals surface area contributed by atoms with Crippen LogP contribution in [0.2, 0.25) is 0 Å². The minimum Gasteiger partial charge on any atom is -0.469 e. The van der Waals surface area contributed by atoms with Gasteiger partial charge in [0.1, 0.15) is 0 Å². The Bertz CT molecular complexity index is 130. The molecular formula is C10H20O2. The number of ether oxygens (including phenoxy) is 1. The summed E-state index contributed by atoms with van der Waals surface area (Å²) in [6.07, 6.45) is 2.67. The molecule has 0 aliphatic heterocycles. The minimum atomic E-state index is -0.0888. The van der Waals surface area contributed by atoms with Crippen LogP contribution in [0.25, 0.3) is 0 Å². The van der Waals surface area contributed by atoms with E-state index in [1.54, 1.807) is 0 Å². The number of esters is 1. The fraction of sp³-hybridized carbons (Fsp3) is 0.900. The molecule has 0 amide bonds. The minimum absolute atomic E-state index is 0.0888. The molecule has 0 saturated carbocycles. The molecule has 0 bridgehead atoms. The molecule has 0 N–H and O–H groups in total. The Kier molecular flexibility index (Phi) is 5.77.